The van der Waals surface area contributed by atoms with Gasteiger partial charge in [0.05, 0.1) is 6.21 Å². The van der Waals surface area contributed by atoms with Crippen molar-refractivity contribution in [3.8, 4) is 0 Å². The first-order valence-electron chi connectivity index (χ1n) is 8.67. The van der Waals surface area contributed by atoms with Crippen molar-refractivity contribution < 1.29 is 14.3 Å². The number of aromatic nitrogens is 2. The van der Waals surface area contributed by atoms with Crippen LogP contribution >= 0.6 is 11.6 Å². The second kappa shape index (κ2) is 9.23. The van der Waals surface area contributed by atoms with Gasteiger partial charge in [-0.3, -0.25) is 14.7 Å². The standard InChI is InChI=1S/C19H19ClN4O3/c20-17-15(21-9-10-22-17)12-23-18(25)16-8-4-5-11-24(16)19(26)27-13-14-6-2-1-3-7-14/h1-3,6-7,9-10,12,16H,4-5,8,11,13H2. The zero-order valence-corrected chi connectivity index (χ0v) is 15.4. The van der Waals surface area contributed by atoms with Crippen LogP contribution in [0.4, 0.5) is 4.79 Å². The third-order valence-corrected chi connectivity index (χ3v) is 4.51. The Kier molecular flexibility index (Phi) is 6.49. The largest absolute Gasteiger partial charge is 0.445 e. The lowest BCUT2D eigenvalue weighted by molar-refractivity contribution is -0.123. The zero-order chi connectivity index (χ0) is 19.1. The number of hydrogen-bond acceptors (Lipinski definition) is 5. The van der Waals surface area contributed by atoms with Crippen molar-refractivity contribution >= 4 is 29.8 Å². The molecule has 3 rings (SSSR count). The summed E-state index contributed by atoms with van der Waals surface area (Å²) in [4.78, 5) is 38.3. The highest BCUT2D eigenvalue weighted by molar-refractivity contribution is 6.31. The van der Waals surface area contributed by atoms with Crippen LogP contribution in [-0.2, 0) is 16.1 Å². The molecule has 0 radical (unpaired) electrons. The maximum atomic E-state index is 12.5. The van der Waals surface area contributed by atoms with Crippen LogP contribution in [0.25, 0.3) is 0 Å². The molecule has 2 aromatic rings. The van der Waals surface area contributed by atoms with E-state index in [1.54, 1.807) is 0 Å². The fourth-order valence-electron chi connectivity index (χ4n) is 2.84. The lowest BCUT2D eigenvalue weighted by atomic mass is 10.0. The Labute approximate surface area is 162 Å². The highest BCUT2D eigenvalue weighted by Crippen LogP contribution is 2.20. The van der Waals surface area contributed by atoms with Gasteiger partial charge in [0.2, 0.25) is 0 Å². The van der Waals surface area contributed by atoms with Gasteiger partial charge in [-0.2, -0.15) is 0 Å². The normalized spacial score (nSPS) is 17.1. The van der Waals surface area contributed by atoms with Crippen LogP contribution in [0.1, 0.15) is 30.5 Å². The van der Waals surface area contributed by atoms with E-state index in [-0.39, 0.29) is 11.8 Å². The molecule has 27 heavy (non-hydrogen) atoms. The molecule has 0 N–H and O–H groups in total. The highest BCUT2D eigenvalue weighted by atomic mass is 35.5. The second-order valence-corrected chi connectivity index (χ2v) is 6.43. The third kappa shape index (κ3) is 5.10. The van der Waals surface area contributed by atoms with E-state index in [1.165, 1.54) is 23.5 Å². The summed E-state index contributed by atoms with van der Waals surface area (Å²) >= 11 is 5.91. The number of amides is 2. The number of aliphatic imine (C=N–C) groups is 1. The number of carbonyl (C=O) groups is 2. The summed E-state index contributed by atoms with van der Waals surface area (Å²) in [6.45, 7) is 0.626. The Morgan fingerprint density at radius 1 is 1.22 bits per heavy atom. The fraction of sp³-hybridized carbons (Fsp3) is 0.316. The number of benzene rings is 1. The topological polar surface area (TPSA) is 84.8 Å². The molecule has 0 spiro atoms. The van der Waals surface area contributed by atoms with Gasteiger partial charge in [0.1, 0.15) is 18.3 Å². The summed E-state index contributed by atoms with van der Waals surface area (Å²) in [5, 5.41) is 0.164. The monoisotopic (exact) mass is 386 g/mol. The molecular formula is C19H19ClN4O3. The minimum Gasteiger partial charge on any atom is -0.445 e. The van der Waals surface area contributed by atoms with Gasteiger partial charge >= 0.3 is 6.09 Å². The number of ether oxygens (including phenoxy) is 1. The van der Waals surface area contributed by atoms with E-state index in [1.807, 2.05) is 30.3 Å². The summed E-state index contributed by atoms with van der Waals surface area (Å²) < 4.78 is 5.37. The van der Waals surface area contributed by atoms with Crippen molar-refractivity contribution in [2.45, 2.75) is 31.9 Å². The van der Waals surface area contributed by atoms with Gasteiger partial charge in [-0.1, -0.05) is 41.9 Å². The molecule has 0 aliphatic carbocycles. The van der Waals surface area contributed by atoms with E-state index >= 15 is 0 Å². The number of rotatable bonds is 4. The summed E-state index contributed by atoms with van der Waals surface area (Å²) in [6, 6.07) is 8.76. The molecule has 140 valence electrons. The molecule has 2 heterocycles. The Balaban J connectivity index is 1.64. The van der Waals surface area contributed by atoms with Gasteiger partial charge in [0.25, 0.3) is 5.91 Å². The van der Waals surface area contributed by atoms with Crippen molar-refractivity contribution in [1.82, 2.24) is 14.9 Å². The molecule has 0 saturated carbocycles. The number of carbonyl (C=O) groups excluding carboxylic acids is 2. The van der Waals surface area contributed by atoms with Gasteiger partial charge in [-0.15, -0.1) is 0 Å². The van der Waals surface area contributed by atoms with E-state index in [9.17, 15) is 9.59 Å². The summed E-state index contributed by atoms with van der Waals surface area (Å²) in [7, 11) is 0. The maximum Gasteiger partial charge on any atom is 0.410 e. The van der Waals surface area contributed by atoms with Crippen LogP contribution in [-0.4, -0.2) is 45.7 Å². The molecule has 1 aromatic carbocycles. The fourth-order valence-corrected chi connectivity index (χ4v) is 2.99. The van der Waals surface area contributed by atoms with Crippen LogP contribution in [0, 0.1) is 0 Å². The van der Waals surface area contributed by atoms with Gasteiger partial charge in [-0.25, -0.2) is 14.8 Å². The van der Waals surface area contributed by atoms with Crippen LogP contribution in [0.5, 0.6) is 0 Å². The van der Waals surface area contributed by atoms with Crippen molar-refractivity contribution in [3.63, 3.8) is 0 Å². The molecule has 1 aliphatic rings. The van der Waals surface area contributed by atoms with Crippen molar-refractivity contribution in [1.29, 1.82) is 0 Å². The number of piperidine rings is 1. The molecular weight excluding hydrogens is 368 g/mol. The predicted octanol–water partition coefficient (Wildman–Crippen LogP) is 3.27. The van der Waals surface area contributed by atoms with E-state index in [4.69, 9.17) is 16.3 Å². The van der Waals surface area contributed by atoms with Crippen molar-refractivity contribution in [2.75, 3.05) is 6.54 Å². The second-order valence-electron chi connectivity index (χ2n) is 6.07. The summed E-state index contributed by atoms with van der Waals surface area (Å²) in [5.41, 5.74) is 1.20. The third-order valence-electron chi connectivity index (χ3n) is 4.22. The number of hydrogen-bond donors (Lipinski definition) is 0. The predicted molar refractivity (Wildman–Crippen MR) is 101 cm³/mol. The van der Waals surface area contributed by atoms with Crippen LogP contribution in [0.15, 0.2) is 47.7 Å². The van der Waals surface area contributed by atoms with Crippen LogP contribution < -0.4 is 0 Å². The Bertz CT molecular complexity index is 829. The lowest BCUT2D eigenvalue weighted by Gasteiger charge is -2.32. The van der Waals surface area contributed by atoms with Crippen molar-refractivity contribution in [2.24, 2.45) is 4.99 Å². The number of halogens is 1. The lowest BCUT2D eigenvalue weighted by Crippen LogP contribution is -2.47. The molecule has 1 fully saturated rings. The molecule has 7 nitrogen and oxygen atoms in total. The molecule has 1 aromatic heterocycles. The van der Waals surface area contributed by atoms with E-state index in [2.05, 4.69) is 15.0 Å². The first-order valence-corrected chi connectivity index (χ1v) is 9.04. The molecule has 1 aliphatic heterocycles. The molecule has 1 atom stereocenters. The maximum absolute atomic E-state index is 12.5. The van der Waals surface area contributed by atoms with E-state index < -0.39 is 18.0 Å². The van der Waals surface area contributed by atoms with E-state index in [0.717, 1.165) is 18.4 Å². The zero-order valence-electron chi connectivity index (χ0n) is 14.6. The SMILES string of the molecule is O=C(N=Cc1nccnc1Cl)C1CCCCN1C(=O)OCc1ccccc1. The molecule has 0 bridgehead atoms. The summed E-state index contributed by atoms with van der Waals surface area (Å²) in [5.74, 6) is -0.423. The smallest absolute Gasteiger partial charge is 0.410 e. The van der Waals surface area contributed by atoms with E-state index in [0.29, 0.717) is 18.7 Å². The Morgan fingerprint density at radius 2 is 2.00 bits per heavy atom. The molecule has 1 saturated heterocycles. The average Bonchev–Trinajstić information content (AvgIpc) is 2.72. The Hall–Kier alpha value is -2.80. The van der Waals surface area contributed by atoms with Gasteiger partial charge in [0.15, 0.2) is 5.15 Å². The number of likely N-dealkylation sites (tertiary alicyclic amines) is 1. The van der Waals surface area contributed by atoms with Crippen LogP contribution in [0.3, 0.4) is 0 Å². The minimum atomic E-state index is -0.645. The first kappa shape index (κ1) is 19.0. The quantitative estimate of drug-likeness (QED) is 0.753. The van der Waals surface area contributed by atoms with Gasteiger partial charge in [0, 0.05) is 18.9 Å². The number of nitrogens with zero attached hydrogens (tertiary/aromatic N) is 4. The highest BCUT2D eigenvalue weighted by Gasteiger charge is 2.32. The average molecular weight is 387 g/mol. The van der Waals surface area contributed by atoms with Crippen LogP contribution in [0.2, 0.25) is 5.15 Å². The minimum absolute atomic E-state index is 0.162. The molecule has 8 heteroatoms. The first-order chi connectivity index (χ1) is 13.1. The molecule has 2 amide bonds. The Morgan fingerprint density at radius 3 is 2.78 bits per heavy atom. The van der Waals surface area contributed by atoms with Gasteiger partial charge in [-0.05, 0) is 24.8 Å². The van der Waals surface area contributed by atoms with Crippen molar-refractivity contribution in [3.05, 3.63) is 59.1 Å². The van der Waals surface area contributed by atoms with Gasteiger partial charge < -0.3 is 4.74 Å². The summed E-state index contributed by atoms with van der Waals surface area (Å²) in [6.07, 6.45) is 5.90. The molecule has 1 unspecified atom stereocenters.